The van der Waals surface area contributed by atoms with Crippen molar-refractivity contribution in [3.05, 3.63) is 35.9 Å². The van der Waals surface area contributed by atoms with E-state index in [1.54, 1.807) is 0 Å². The molecule has 1 aromatic rings. The van der Waals surface area contributed by atoms with E-state index in [2.05, 4.69) is 16.4 Å². The summed E-state index contributed by atoms with van der Waals surface area (Å²) in [6.45, 7) is 2.62. The third-order valence-electron chi connectivity index (χ3n) is 3.69. The fourth-order valence-corrected chi connectivity index (χ4v) is 2.55. The van der Waals surface area contributed by atoms with Crippen LogP contribution >= 0.6 is 0 Å². The number of nitriles is 1. The highest BCUT2D eigenvalue weighted by Crippen LogP contribution is 2.29. The lowest BCUT2D eigenvalue weighted by molar-refractivity contribution is -0.123. The SMILES string of the molecule is N#CC1C(=O)NC(N2CCOCC2)=NC1c1ccccc1. The Morgan fingerprint density at radius 1 is 1.29 bits per heavy atom. The highest BCUT2D eigenvalue weighted by Gasteiger charge is 2.36. The highest BCUT2D eigenvalue weighted by atomic mass is 16.5. The topological polar surface area (TPSA) is 77.7 Å². The third kappa shape index (κ3) is 2.73. The molecule has 2 aliphatic heterocycles. The van der Waals surface area contributed by atoms with Crippen LogP contribution in [-0.2, 0) is 9.53 Å². The second-order valence-electron chi connectivity index (χ2n) is 5.00. The normalized spacial score (nSPS) is 25.8. The second-order valence-corrected chi connectivity index (χ2v) is 5.00. The summed E-state index contributed by atoms with van der Waals surface area (Å²) in [7, 11) is 0. The fourth-order valence-electron chi connectivity index (χ4n) is 2.55. The van der Waals surface area contributed by atoms with E-state index in [0.717, 1.165) is 5.56 Å². The Kier molecular flexibility index (Phi) is 3.84. The van der Waals surface area contributed by atoms with Gasteiger partial charge in [-0.15, -0.1) is 0 Å². The summed E-state index contributed by atoms with van der Waals surface area (Å²) in [5.41, 5.74) is 0.879. The molecule has 0 spiro atoms. The predicted molar refractivity (Wildman–Crippen MR) is 76.3 cm³/mol. The van der Waals surface area contributed by atoms with E-state index in [0.29, 0.717) is 32.3 Å². The van der Waals surface area contributed by atoms with Crippen molar-refractivity contribution < 1.29 is 9.53 Å². The minimum absolute atomic E-state index is 0.289. The van der Waals surface area contributed by atoms with E-state index >= 15 is 0 Å². The lowest BCUT2D eigenvalue weighted by atomic mass is 9.93. The van der Waals surface area contributed by atoms with Crippen LogP contribution < -0.4 is 5.32 Å². The molecule has 0 saturated carbocycles. The first-order valence-corrected chi connectivity index (χ1v) is 6.95. The number of aliphatic imine (C=N–C) groups is 1. The van der Waals surface area contributed by atoms with Crippen LogP contribution in [0.3, 0.4) is 0 Å². The Balaban J connectivity index is 1.93. The largest absolute Gasteiger partial charge is 0.378 e. The first-order valence-electron chi connectivity index (χ1n) is 6.95. The van der Waals surface area contributed by atoms with Crippen LogP contribution in [0.4, 0.5) is 0 Å². The number of ether oxygens (including phenoxy) is 1. The van der Waals surface area contributed by atoms with Gasteiger partial charge < -0.3 is 9.64 Å². The molecule has 2 atom stereocenters. The maximum absolute atomic E-state index is 12.2. The molecule has 3 rings (SSSR count). The van der Waals surface area contributed by atoms with Gasteiger partial charge >= 0.3 is 0 Å². The van der Waals surface area contributed by atoms with Gasteiger partial charge in [-0.25, -0.2) is 4.99 Å². The number of amides is 1. The molecule has 108 valence electrons. The molecule has 1 N–H and O–H groups in total. The van der Waals surface area contributed by atoms with Gasteiger partial charge in [-0.1, -0.05) is 30.3 Å². The fraction of sp³-hybridized carbons (Fsp3) is 0.400. The van der Waals surface area contributed by atoms with Gasteiger partial charge in [0.1, 0.15) is 6.04 Å². The second kappa shape index (κ2) is 5.94. The lowest BCUT2D eigenvalue weighted by Crippen LogP contribution is -2.53. The summed E-state index contributed by atoms with van der Waals surface area (Å²) in [4.78, 5) is 18.8. The monoisotopic (exact) mass is 284 g/mol. The van der Waals surface area contributed by atoms with Gasteiger partial charge in [0.05, 0.1) is 19.3 Å². The maximum Gasteiger partial charge on any atom is 0.246 e. The van der Waals surface area contributed by atoms with Crippen molar-refractivity contribution in [3.8, 4) is 6.07 Å². The number of benzene rings is 1. The molecule has 0 radical (unpaired) electrons. The number of hydrogen-bond acceptors (Lipinski definition) is 5. The van der Waals surface area contributed by atoms with Crippen molar-refractivity contribution >= 4 is 11.9 Å². The number of carbonyl (C=O) groups excluding carboxylic acids is 1. The van der Waals surface area contributed by atoms with Gasteiger partial charge in [0.15, 0.2) is 5.92 Å². The molecule has 1 saturated heterocycles. The van der Waals surface area contributed by atoms with Crippen LogP contribution in [0.5, 0.6) is 0 Å². The molecule has 0 aromatic heterocycles. The van der Waals surface area contributed by atoms with E-state index in [1.165, 1.54) is 0 Å². The van der Waals surface area contributed by atoms with Crippen LogP contribution in [0.15, 0.2) is 35.3 Å². The van der Waals surface area contributed by atoms with Crippen molar-refractivity contribution in [1.29, 1.82) is 5.26 Å². The van der Waals surface area contributed by atoms with E-state index in [1.807, 2.05) is 35.2 Å². The summed E-state index contributed by atoms with van der Waals surface area (Å²) in [5, 5.41) is 12.0. The van der Waals surface area contributed by atoms with Gasteiger partial charge in [0.2, 0.25) is 11.9 Å². The molecule has 0 aliphatic carbocycles. The average Bonchev–Trinajstić information content (AvgIpc) is 2.55. The molecule has 21 heavy (non-hydrogen) atoms. The Bertz CT molecular complexity index is 587. The van der Waals surface area contributed by atoms with Gasteiger partial charge in [-0.3, -0.25) is 10.1 Å². The number of nitrogens with zero attached hydrogens (tertiary/aromatic N) is 3. The number of hydrogen-bond donors (Lipinski definition) is 1. The molecule has 1 fully saturated rings. The van der Waals surface area contributed by atoms with Crippen LogP contribution in [0.25, 0.3) is 0 Å². The summed E-state index contributed by atoms with van der Waals surface area (Å²) in [6.07, 6.45) is 0. The molecular weight excluding hydrogens is 268 g/mol. The first kappa shape index (κ1) is 13.6. The number of nitrogens with one attached hydrogen (secondary N) is 1. The number of guanidine groups is 1. The van der Waals surface area contributed by atoms with E-state index in [4.69, 9.17) is 4.74 Å². The van der Waals surface area contributed by atoms with Crippen molar-refractivity contribution in [1.82, 2.24) is 10.2 Å². The molecule has 6 heteroatoms. The third-order valence-corrected chi connectivity index (χ3v) is 3.69. The van der Waals surface area contributed by atoms with Crippen molar-refractivity contribution in [2.45, 2.75) is 6.04 Å². The summed E-state index contributed by atoms with van der Waals surface area (Å²) in [5.74, 6) is -0.538. The maximum atomic E-state index is 12.2. The van der Waals surface area contributed by atoms with E-state index < -0.39 is 12.0 Å². The Hall–Kier alpha value is -2.39. The zero-order chi connectivity index (χ0) is 14.7. The van der Waals surface area contributed by atoms with Crippen LogP contribution in [0, 0.1) is 17.2 Å². The zero-order valence-corrected chi connectivity index (χ0v) is 11.5. The molecule has 2 aliphatic rings. The Morgan fingerprint density at radius 3 is 2.67 bits per heavy atom. The predicted octanol–water partition coefficient (Wildman–Crippen LogP) is 0.685. The quantitative estimate of drug-likeness (QED) is 0.823. The minimum Gasteiger partial charge on any atom is -0.378 e. The molecule has 0 bridgehead atoms. The zero-order valence-electron chi connectivity index (χ0n) is 11.5. The smallest absolute Gasteiger partial charge is 0.246 e. The Labute approximate surface area is 123 Å². The van der Waals surface area contributed by atoms with Crippen LogP contribution in [0.2, 0.25) is 0 Å². The summed E-state index contributed by atoms with van der Waals surface area (Å²) in [6, 6.07) is 11.1. The molecule has 1 amide bonds. The van der Waals surface area contributed by atoms with Crippen molar-refractivity contribution in [2.24, 2.45) is 10.9 Å². The number of morpholine rings is 1. The highest BCUT2D eigenvalue weighted by molar-refractivity contribution is 6.01. The molecule has 2 heterocycles. The van der Waals surface area contributed by atoms with Gasteiger partial charge in [-0.05, 0) is 5.56 Å². The van der Waals surface area contributed by atoms with Crippen molar-refractivity contribution in [3.63, 3.8) is 0 Å². The van der Waals surface area contributed by atoms with Crippen molar-refractivity contribution in [2.75, 3.05) is 26.3 Å². The van der Waals surface area contributed by atoms with Gasteiger partial charge in [-0.2, -0.15) is 5.26 Å². The molecule has 2 unspecified atom stereocenters. The number of carbonyl (C=O) groups is 1. The Morgan fingerprint density at radius 2 is 2.00 bits per heavy atom. The minimum atomic E-state index is -0.794. The summed E-state index contributed by atoms with van der Waals surface area (Å²) >= 11 is 0. The average molecular weight is 284 g/mol. The standard InChI is InChI=1S/C15H16N4O2/c16-10-12-13(11-4-2-1-3-5-11)17-15(18-14(12)20)19-6-8-21-9-7-19/h1-5,12-13H,6-9H2,(H,17,18,20). The first-order chi connectivity index (χ1) is 10.3. The lowest BCUT2D eigenvalue weighted by Gasteiger charge is -2.34. The number of rotatable bonds is 1. The van der Waals surface area contributed by atoms with E-state index in [-0.39, 0.29) is 5.91 Å². The van der Waals surface area contributed by atoms with Gasteiger partial charge in [0, 0.05) is 13.1 Å². The van der Waals surface area contributed by atoms with Gasteiger partial charge in [0.25, 0.3) is 0 Å². The van der Waals surface area contributed by atoms with E-state index in [9.17, 15) is 10.1 Å². The molecule has 1 aromatic carbocycles. The summed E-state index contributed by atoms with van der Waals surface area (Å²) < 4.78 is 5.31. The van der Waals surface area contributed by atoms with Crippen LogP contribution in [0.1, 0.15) is 11.6 Å². The molecule has 6 nitrogen and oxygen atoms in total. The molecular formula is C15H16N4O2. The van der Waals surface area contributed by atoms with Crippen LogP contribution in [-0.4, -0.2) is 43.1 Å².